The summed E-state index contributed by atoms with van der Waals surface area (Å²) < 4.78 is 5.09. The van der Waals surface area contributed by atoms with E-state index in [1.54, 1.807) is 38.1 Å². The number of carboxylic acid groups (broad SMARTS) is 1. The number of aliphatic carboxylic acids is 1. The van der Waals surface area contributed by atoms with Crippen LogP contribution in [0.5, 0.6) is 0 Å². The van der Waals surface area contributed by atoms with E-state index >= 15 is 0 Å². The van der Waals surface area contributed by atoms with E-state index in [-0.39, 0.29) is 16.1 Å². The maximum absolute atomic E-state index is 12.6. The summed E-state index contributed by atoms with van der Waals surface area (Å²) in [5, 5.41) is 9.89. The van der Waals surface area contributed by atoms with Crippen LogP contribution >= 0.6 is 0 Å². The molecule has 0 saturated heterocycles. The second-order valence-corrected chi connectivity index (χ2v) is 6.06. The minimum atomic E-state index is -1.38. The Labute approximate surface area is 144 Å². The van der Waals surface area contributed by atoms with Crippen molar-refractivity contribution >= 4 is 28.0 Å². The normalized spacial score (nSPS) is 14.4. The zero-order valence-corrected chi connectivity index (χ0v) is 15.9. The van der Waals surface area contributed by atoms with Crippen molar-refractivity contribution in [1.82, 2.24) is 0 Å². The Bertz CT molecular complexity index is 768. The topological polar surface area (TPSA) is 63.6 Å². The van der Waals surface area contributed by atoms with Gasteiger partial charge in [0.2, 0.25) is 10.5 Å². The lowest BCUT2D eigenvalue weighted by Gasteiger charge is -2.30. The van der Waals surface area contributed by atoms with Gasteiger partial charge in [-0.25, -0.2) is 4.79 Å². The van der Waals surface area contributed by atoms with Crippen LogP contribution in [-0.2, 0) is 19.4 Å². The number of rotatable bonds is 5. The van der Waals surface area contributed by atoms with Crippen LogP contribution in [0.1, 0.15) is 25.0 Å². The highest BCUT2D eigenvalue weighted by molar-refractivity contribution is 6.12. The molecule has 1 N–H and O–H groups in total. The van der Waals surface area contributed by atoms with Gasteiger partial charge in [-0.3, -0.25) is 4.79 Å². The fourth-order valence-corrected chi connectivity index (χ4v) is 3.33. The Morgan fingerprint density at radius 3 is 1.96 bits per heavy atom. The lowest BCUT2D eigenvalue weighted by atomic mass is 9.73. The molecule has 0 aliphatic rings. The van der Waals surface area contributed by atoms with Gasteiger partial charge in [0.25, 0.3) is 0 Å². The van der Waals surface area contributed by atoms with Crippen molar-refractivity contribution in [3.05, 3.63) is 77.4 Å². The van der Waals surface area contributed by atoms with Crippen LogP contribution in [0.25, 0.3) is 5.57 Å². The Kier molecular flexibility index (Phi) is 5.36. The summed E-state index contributed by atoms with van der Waals surface area (Å²) in [6.45, 7) is 3.33. The highest BCUT2D eigenvalue weighted by atomic mass is 28.2. The minimum absolute atomic E-state index is 0.0285. The van der Waals surface area contributed by atoms with Gasteiger partial charge in [-0.15, -0.1) is 0 Å². The molecule has 1 atom stereocenters. The SMILES string of the molecule is CC(=C(C(=O)O)C(C)(C(=O)O[SiH3])c1ccccc1)c1ccccc1. The molecule has 4 nitrogen and oxygen atoms in total. The van der Waals surface area contributed by atoms with E-state index in [1.165, 1.54) is 0 Å². The molecule has 24 heavy (non-hydrogen) atoms. The number of hydrogen-bond acceptors (Lipinski definition) is 3. The minimum Gasteiger partial charge on any atom is -0.528 e. The zero-order valence-electron chi connectivity index (χ0n) is 13.9. The largest absolute Gasteiger partial charge is 0.528 e. The maximum Gasteiger partial charge on any atom is 0.333 e. The zero-order chi connectivity index (χ0) is 17.7. The van der Waals surface area contributed by atoms with Crippen LogP contribution in [0, 0.1) is 0 Å². The van der Waals surface area contributed by atoms with Crippen molar-refractivity contribution in [3.63, 3.8) is 0 Å². The third kappa shape index (κ3) is 3.16. The highest BCUT2D eigenvalue weighted by Gasteiger charge is 2.44. The molecule has 2 rings (SSSR count). The predicted molar refractivity (Wildman–Crippen MR) is 96.5 cm³/mol. The Balaban J connectivity index is 2.78. The lowest BCUT2D eigenvalue weighted by molar-refractivity contribution is -0.142. The summed E-state index contributed by atoms with van der Waals surface area (Å²) in [5.41, 5.74) is 0.549. The van der Waals surface area contributed by atoms with E-state index in [4.69, 9.17) is 4.43 Å². The molecule has 2 aromatic carbocycles. The molecular formula is C19H20O4Si. The van der Waals surface area contributed by atoms with Gasteiger partial charge in [-0.05, 0) is 30.5 Å². The van der Waals surface area contributed by atoms with Crippen LogP contribution in [0.3, 0.4) is 0 Å². The van der Waals surface area contributed by atoms with Crippen LogP contribution < -0.4 is 0 Å². The third-order valence-corrected chi connectivity index (χ3v) is 4.61. The van der Waals surface area contributed by atoms with E-state index in [0.717, 1.165) is 5.56 Å². The van der Waals surface area contributed by atoms with Crippen molar-refractivity contribution < 1.29 is 19.1 Å². The van der Waals surface area contributed by atoms with Gasteiger partial charge in [-0.2, -0.15) is 0 Å². The van der Waals surface area contributed by atoms with Gasteiger partial charge in [0, 0.05) is 0 Å². The lowest BCUT2D eigenvalue weighted by Crippen LogP contribution is -2.39. The summed E-state index contributed by atoms with van der Waals surface area (Å²) in [6.07, 6.45) is 0. The second-order valence-electron chi connectivity index (χ2n) is 5.65. The van der Waals surface area contributed by atoms with Crippen molar-refractivity contribution in [3.8, 4) is 0 Å². The molecule has 0 aliphatic heterocycles. The third-order valence-electron chi connectivity index (χ3n) is 4.24. The summed E-state index contributed by atoms with van der Waals surface area (Å²) in [4.78, 5) is 24.7. The van der Waals surface area contributed by atoms with Gasteiger partial charge in [0.05, 0.1) is 5.57 Å². The van der Waals surface area contributed by atoms with Crippen LogP contribution in [0.4, 0.5) is 0 Å². The standard InChI is InChI=1S/C19H20O4Si/c1-13(14-9-5-3-6-10-14)16(17(20)21)19(2,18(22)23-24)15-11-7-4-8-12-15/h3-12H,1-2,24H3,(H,20,21). The van der Waals surface area contributed by atoms with Crippen LogP contribution in [0.15, 0.2) is 66.2 Å². The van der Waals surface area contributed by atoms with Crippen molar-refractivity contribution in [1.29, 1.82) is 0 Å². The van der Waals surface area contributed by atoms with Crippen molar-refractivity contribution in [2.24, 2.45) is 0 Å². The average molecular weight is 340 g/mol. The monoisotopic (exact) mass is 340 g/mol. The molecule has 0 bridgehead atoms. The number of carboxylic acids is 1. The quantitative estimate of drug-likeness (QED) is 0.670. The summed E-state index contributed by atoms with van der Waals surface area (Å²) >= 11 is 0. The molecule has 124 valence electrons. The molecule has 0 saturated carbocycles. The molecule has 2 aromatic rings. The maximum atomic E-state index is 12.6. The first-order chi connectivity index (χ1) is 11.4. The average Bonchev–Trinajstić information content (AvgIpc) is 2.62. The van der Waals surface area contributed by atoms with Gasteiger partial charge in [0.15, 0.2) is 0 Å². The van der Waals surface area contributed by atoms with Crippen molar-refractivity contribution in [2.45, 2.75) is 19.3 Å². The first-order valence-electron chi connectivity index (χ1n) is 7.57. The fraction of sp³-hybridized carbons (Fsp3) is 0.158. The Morgan fingerprint density at radius 1 is 1.00 bits per heavy atom. The molecule has 0 fully saturated rings. The molecular weight excluding hydrogens is 320 g/mol. The van der Waals surface area contributed by atoms with E-state index < -0.39 is 17.4 Å². The Hall–Kier alpha value is -2.66. The number of allylic oxidation sites excluding steroid dienone is 1. The van der Waals surface area contributed by atoms with Gasteiger partial charge >= 0.3 is 11.9 Å². The molecule has 0 aliphatic carbocycles. The first kappa shape index (κ1) is 17.7. The highest BCUT2D eigenvalue weighted by Crippen LogP contribution is 2.38. The fourth-order valence-electron chi connectivity index (χ4n) is 2.92. The van der Waals surface area contributed by atoms with Crippen LogP contribution in [-0.4, -0.2) is 27.5 Å². The molecule has 0 heterocycles. The van der Waals surface area contributed by atoms with Gasteiger partial charge in [0.1, 0.15) is 5.41 Å². The van der Waals surface area contributed by atoms with E-state index in [2.05, 4.69) is 0 Å². The van der Waals surface area contributed by atoms with E-state index in [0.29, 0.717) is 11.1 Å². The molecule has 5 heteroatoms. The second kappa shape index (κ2) is 7.27. The molecule has 0 amide bonds. The summed E-state index contributed by atoms with van der Waals surface area (Å²) in [6, 6.07) is 18.1. The predicted octanol–water partition coefficient (Wildman–Crippen LogP) is 2.33. The number of carbonyl (C=O) groups excluding carboxylic acids is 1. The smallest absolute Gasteiger partial charge is 0.333 e. The first-order valence-corrected chi connectivity index (χ1v) is 8.38. The molecule has 1 unspecified atom stereocenters. The van der Waals surface area contributed by atoms with Crippen molar-refractivity contribution in [2.75, 3.05) is 0 Å². The molecule has 0 radical (unpaired) electrons. The Morgan fingerprint density at radius 2 is 1.50 bits per heavy atom. The summed E-state index contributed by atoms with van der Waals surface area (Å²) in [5.74, 6) is -1.68. The summed E-state index contributed by atoms with van der Waals surface area (Å²) in [7, 11) is 0.197. The molecule has 0 aromatic heterocycles. The van der Waals surface area contributed by atoms with Crippen LogP contribution in [0.2, 0.25) is 0 Å². The van der Waals surface area contributed by atoms with Gasteiger partial charge in [-0.1, -0.05) is 60.7 Å². The van der Waals surface area contributed by atoms with Gasteiger partial charge < -0.3 is 9.53 Å². The van der Waals surface area contributed by atoms with E-state index in [1.807, 2.05) is 36.4 Å². The number of benzene rings is 2. The molecule has 0 spiro atoms. The van der Waals surface area contributed by atoms with E-state index in [9.17, 15) is 14.7 Å². The number of hydrogen-bond donors (Lipinski definition) is 1. The number of carbonyl (C=O) groups is 2.